The van der Waals surface area contributed by atoms with Crippen molar-refractivity contribution < 1.29 is 15.0 Å². The van der Waals surface area contributed by atoms with Crippen LogP contribution >= 0.6 is 11.6 Å². The van der Waals surface area contributed by atoms with E-state index in [1.165, 1.54) is 12.1 Å². The van der Waals surface area contributed by atoms with Crippen molar-refractivity contribution in [1.29, 1.82) is 0 Å². The molecule has 1 aliphatic carbocycles. The number of hydrogen-bond acceptors (Lipinski definition) is 3. The first-order valence-electron chi connectivity index (χ1n) is 7.42. The van der Waals surface area contributed by atoms with Gasteiger partial charge in [0.2, 0.25) is 0 Å². The lowest BCUT2D eigenvalue weighted by Gasteiger charge is -2.35. The molecule has 21 heavy (non-hydrogen) atoms. The third kappa shape index (κ3) is 4.11. The number of aliphatic hydroxyl groups is 1. The number of carbonyl (C=O) groups is 1. The fraction of sp³-hybridized carbons (Fsp3) is 0.562. The molecule has 2 rings (SSSR count). The number of hydrogen-bond donors (Lipinski definition) is 3. The lowest BCUT2D eigenvalue weighted by molar-refractivity contribution is -0.00788. The van der Waals surface area contributed by atoms with Crippen LogP contribution in [0.2, 0.25) is 5.02 Å². The molecular formula is C16H22ClNO3. The molecule has 0 radical (unpaired) electrons. The van der Waals surface area contributed by atoms with Gasteiger partial charge in [-0.05, 0) is 49.8 Å². The van der Waals surface area contributed by atoms with Crippen LogP contribution < -0.4 is 5.32 Å². The second-order valence-corrected chi connectivity index (χ2v) is 6.36. The zero-order chi connectivity index (χ0) is 15.5. The first-order valence-corrected chi connectivity index (χ1v) is 7.80. The maximum atomic E-state index is 12.1. The van der Waals surface area contributed by atoms with E-state index in [2.05, 4.69) is 12.2 Å². The Balaban J connectivity index is 1.92. The number of nitrogens with one attached hydrogen (secondary N) is 1. The number of phenolic OH excluding ortho intramolecular Hbond substituents is 1. The van der Waals surface area contributed by atoms with Gasteiger partial charge in [0, 0.05) is 11.6 Å². The van der Waals surface area contributed by atoms with Crippen molar-refractivity contribution in [2.24, 2.45) is 5.92 Å². The predicted octanol–water partition coefficient (Wildman–Crippen LogP) is 3.11. The largest absolute Gasteiger partial charge is 0.507 e. The summed E-state index contributed by atoms with van der Waals surface area (Å²) in [5.41, 5.74) is -0.658. The summed E-state index contributed by atoms with van der Waals surface area (Å²) in [5.74, 6) is 0.137. The van der Waals surface area contributed by atoms with Crippen LogP contribution in [-0.2, 0) is 0 Å². The van der Waals surface area contributed by atoms with Crippen LogP contribution in [0.15, 0.2) is 18.2 Å². The molecule has 1 amide bonds. The standard InChI is InChI=1S/C16H22ClNO3/c1-2-11-5-7-16(21,8-6-11)10-18-15(20)13-4-3-12(17)9-14(13)19/h3-4,9,11,19,21H,2,5-8,10H2,1H3,(H,18,20). The molecule has 3 N–H and O–H groups in total. The smallest absolute Gasteiger partial charge is 0.255 e. The SMILES string of the molecule is CCC1CCC(O)(CNC(=O)c2ccc(Cl)cc2O)CC1. The van der Waals surface area contributed by atoms with Gasteiger partial charge in [0.1, 0.15) is 5.75 Å². The molecule has 0 spiro atoms. The van der Waals surface area contributed by atoms with E-state index in [9.17, 15) is 15.0 Å². The molecule has 116 valence electrons. The van der Waals surface area contributed by atoms with Gasteiger partial charge in [-0.1, -0.05) is 24.9 Å². The van der Waals surface area contributed by atoms with Crippen LogP contribution in [-0.4, -0.2) is 28.3 Å². The van der Waals surface area contributed by atoms with Crippen LogP contribution in [0, 0.1) is 5.92 Å². The van der Waals surface area contributed by atoms with Gasteiger partial charge < -0.3 is 15.5 Å². The molecule has 0 unspecified atom stereocenters. The number of benzene rings is 1. The summed E-state index contributed by atoms with van der Waals surface area (Å²) >= 11 is 5.74. The van der Waals surface area contributed by atoms with Crippen LogP contribution in [0.25, 0.3) is 0 Å². The van der Waals surface area contributed by atoms with Crippen LogP contribution in [0.5, 0.6) is 5.75 Å². The molecule has 0 bridgehead atoms. The second kappa shape index (κ2) is 6.67. The topological polar surface area (TPSA) is 69.6 Å². The number of halogens is 1. The summed E-state index contributed by atoms with van der Waals surface area (Å²) in [7, 11) is 0. The van der Waals surface area contributed by atoms with Crippen molar-refractivity contribution >= 4 is 17.5 Å². The molecule has 5 heteroatoms. The highest BCUT2D eigenvalue weighted by molar-refractivity contribution is 6.30. The molecule has 1 saturated carbocycles. The Labute approximate surface area is 130 Å². The van der Waals surface area contributed by atoms with Gasteiger partial charge in [-0.3, -0.25) is 4.79 Å². The first kappa shape index (κ1) is 16.1. The monoisotopic (exact) mass is 311 g/mol. The highest BCUT2D eigenvalue weighted by atomic mass is 35.5. The average Bonchev–Trinajstić information content (AvgIpc) is 2.46. The van der Waals surface area contributed by atoms with Gasteiger partial charge in [0.05, 0.1) is 11.2 Å². The molecule has 1 aromatic carbocycles. The summed E-state index contributed by atoms with van der Waals surface area (Å²) in [6, 6.07) is 4.36. The normalized spacial score (nSPS) is 25.6. The Hall–Kier alpha value is -1.26. The quantitative estimate of drug-likeness (QED) is 0.800. The summed E-state index contributed by atoms with van der Waals surface area (Å²) in [4.78, 5) is 12.1. The Morgan fingerprint density at radius 3 is 2.67 bits per heavy atom. The van der Waals surface area contributed by atoms with Gasteiger partial charge in [-0.2, -0.15) is 0 Å². The fourth-order valence-corrected chi connectivity index (χ4v) is 3.00. The van der Waals surface area contributed by atoms with Crippen molar-refractivity contribution in [2.45, 2.75) is 44.6 Å². The van der Waals surface area contributed by atoms with Gasteiger partial charge >= 0.3 is 0 Å². The van der Waals surface area contributed by atoms with Crippen LogP contribution in [0.4, 0.5) is 0 Å². The lowest BCUT2D eigenvalue weighted by Crippen LogP contribution is -2.45. The number of rotatable bonds is 4. The van der Waals surface area contributed by atoms with Gasteiger partial charge in [0.25, 0.3) is 5.91 Å². The minimum atomic E-state index is -0.830. The lowest BCUT2D eigenvalue weighted by atomic mass is 9.78. The molecule has 0 aromatic heterocycles. The Bertz CT molecular complexity index is 510. The number of aromatic hydroxyl groups is 1. The van der Waals surface area contributed by atoms with Crippen molar-refractivity contribution in [1.82, 2.24) is 5.32 Å². The van der Waals surface area contributed by atoms with E-state index < -0.39 is 11.5 Å². The highest BCUT2D eigenvalue weighted by Gasteiger charge is 2.33. The summed E-state index contributed by atoms with van der Waals surface area (Å²) in [6.07, 6.45) is 4.54. The second-order valence-electron chi connectivity index (χ2n) is 5.92. The predicted molar refractivity (Wildman–Crippen MR) is 82.6 cm³/mol. The summed E-state index contributed by atoms with van der Waals surface area (Å²) < 4.78 is 0. The van der Waals surface area contributed by atoms with Crippen molar-refractivity contribution in [3.05, 3.63) is 28.8 Å². The molecule has 1 aromatic rings. The average molecular weight is 312 g/mol. The molecule has 1 fully saturated rings. The molecule has 0 aliphatic heterocycles. The zero-order valence-corrected chi connectivity index (χ0v) is 13.0. The van der Waals surface area contributed by atoms with Crippen molar-refractivity contribution in [2.75, 3.05) is 6.54 Å². The van der Waals surface area contributed by atoms with Gasteiger partial charge in [0.15, 0.2) is 0 Å². The minimum Gasteiger partial charge on any atom is -0.507 e. The van der Waals surface area contributed by atoms with Crippen LogP contribution in [0.3, 0.4) is 0 Å². The molecule has 4 nitrogen and oxygen atoms in total. The van der Waals surface area contributed by atoms with Gasteiger partial charge in [-0.15, -0.1) is 0 Å². The van der Waals surface area contributed by atoms with E-state index in [-0.39, 0.29) is 17.9 Å². The minimum absolute atomic E-state index is 0.151. The van der Waals surface area contributed by atoms with E-state index in [4.69, 9.17) is 11.6 Å². The van der Waals surface area contributed by atoms with E-state index in [1.54, 1.807) is 6.07 Å². The Morgan fingerprint density at radius 1 is 1.43 bits per heavy atom. The van der Waals surface area contributed by atoms with E-state index in [1.807, 2.05) is 0 Å². The maximum absolute atomic E-state index is 12.1. The molecule has 0 heterocycles. The maximum Gasteiger partial charge on any atom is 0.255 e. The van der Waals surface area contributed by atoms with Crippen LogP contribution in [0.1, 0.15) is 49.4 Å². The van der Waals surface area contributed by atoms with Crippen molar-refractivity contribution in [3.63, 3.8) is 0 Å². The van der Waals surface area contributed by atoms with E-state index in [0.29, 0.717) is 23.8 Å². The molecule has 0 atom stereocenters. The summed E-state index contributed by atoms with van der Waals surface area (Å²) in [6.45, 7) is 2.38. The molecular weight excluding hydrogens is 290 g/mol. The van der Waals surface area contributed by atoms with E-state index >= 15 is 0 Å². The summed E-state index contributed by atoms with van der Waals surface area (Å²) in [5, 5.41) is 23.3. The van der Waals surface area contributed by atoms with Gasteiger partial charge in [-0.25, -0.2) is 0 Å². The zero-order valence-electron chi connectivity index (χ0n) is 12.2. The number of amides is 1. The third-order valence-corrected chi connectivity index (χ3v) is 4.63. The van der Waals surface area contributed by atoms with Crippen molar-refractivity contribution in [3.8, 4) is 5.75 Å². The number of phenols is 1. The highest BCUT2D eigenvalue weighted by Crippen LogP contribution is 2.33. The third-order valence-electron chi connectivity index (χ3n) is 4.40. The molecule has 1 aliphatic rings. The number of carbonyl (C=O) groups excluding carboxylic acids is 1. The van der Waals surface area contributed by atoms with E-state index in [0.717, 1.165) is 19.3 Å². The Kier molecular flexibility index (Phi) is 5.12. The first-order chi connectivity index (χ1) is 9.93. The Morgan fingerprint density at radius 2 is 2.10 bits per heavy atom. The molecule has 0 saturated heterocycles. The fourth-order valence-electron chi connectivity index (χ4n) is 2.84.